The fourth-order valence-corrected chi connectivity index (χ4v) is 3.29. The third-order valence-corrected chi connectivity index (χ3v) is 5.17. The molecule has 1 heterocycles. The van der Waals surface area contributed by atoms with Gasteiger partial charge in [-0.3, -0.25) is 4.79 Å². The fraction of sp³-hybridized carbons (Fsp3) is 0.208. The summed E-state index contributed by atoms with van der Waals surface area (Å²) in [5.74, 6) is -1.20. The topological polar surface area (TPSA) is 104 Å². The van der Waals surface area contributed by atoms with E-state index in [1.807, 2.05) is 48.7 Å². The van der Waals surface area contributed by atoms with E-state index in [0.29, 0.717) is 23.5 Å². The van der Waals surface area contributed by atoms with Crippen molar-refractivity contribution in [1.29, 1.82) is 5.26 Å². The summed E-state index contributed by atoms with van der Waals surface area (Å²) < 4.78 is 6.92. The van der Waals surface area contributed by atoms with Crippen molar-refractivity contribution in [1.82, 2.24) is 4.57 Å². The van der Waals surface area contributed by atoms with Crippen molar-refractivity contribution in [2.75, 3.05) is 11.9 Å². The molecule has 1 aromatic heterocycles. The van der Waals surface area contributed by atoms with Crippen molar-refractivity contribution < 1.29 is 19.4 Å². The minimum atomic E-state index is -0.802. The number of aryl methyl sites for hydroxylation is 1. The lowest BCUT2D eigenvalue weighted by atomic mass is 10.1. The number of para-hydroxylation sites is 1. The molecule has 158 valence electrons. The monoisotopic (exact) mass is 417 g/mol. The summed E-state index contributed by atoms with van der Waals surface area (Å²) in [6, 6.07) is 16.5. The number of carbonyl (C=O) groups is 2. The van der Waals surface area contributed by atoms with Gasteiger partial charge in [0, 0.05) is 12.2 Å². The molecule has 0 bridgehead atoms. The third-order valence-electron chi connectivity index (χ3n) is 5.17. The molecule has 2 N–H and O–H groups in total. The smallest absolute Gasteiger partial charge is 0.342 e. The highest BCUT2D eigenvalue weighted by Gasteiger charge is 2.21. The first-order valence-electron chi connectivity index (χ1n) is 9.72. The van der Waals surface area contributed by atoms with E-state index in [2.05, 4.69) is 11.4 Å². The van der Waals surface area contributed by atoms with E-state index in [-0.39, 0.29) is 11.3 Å². The van der Waals surface area contributed by atoms with E-state index in [9.17, 15) is 20.0 Å². The first-order chi connectivity index (χ1) is 14.8. The van der Waals surface area contributed by atoms with Crippen molar-refractivity contribution >= 4 is 17.7 Å². The van der Waals surface area contributed by atoms with E-state index >= 15 is 0 Å². The zero-order valence-electron chi connectivity index (χ0n) is 17.6. The van der Waals surface area contributed by atoms with Crippen LogP contribution in [0.5, 0.6) is 5.75 Å². The van der Waals surface area contributed by atoms with Crippen molar-refractivity contribution in [2.24, 2.45) is 0 Å². The number of amides is 1. The Balaban J connectivity index is 1.77. The second-order valence-corrected chi connectivity index (χ2v) is 7.21. The Bertz CT molecular complexity index is 1170. The van der Waals surface area contributed by atoms with Crippen LogP contribution < -0.4 is 5.32 Å². The number of nitrogens with one attached hydrogen (secondary N) is 1. The predicted molar refractivity (Wildman–Crippen MR) is 116 cm³/mol. The van der Waals surface area contributed by atoms with E-state index in [1.165, 1.54) is 6.07 Å². The Kier molecular flexibility index (Phi) is 6.41. The first-order valence-corrected chi connectivity index (χ1v) is 9.72. The number of hydrogen-bond acceptors (Lipinski definition) is 5. The van der Waals surface area contributed by atoms with Crippen LogP contribution in [0.25, 0.3) is 0 Å². The maximum atomic E-state index is 12.5. The molecule has 2 aromatic carbocycles. The molecule has 0 saturated carbocycles. The molecule has 7 nitrogen and oxygen atoms in total. The summed E-state index contributed by atoms with van der Waals surface area (Å²) >= 11 is 0. The highest BCUT2D eigenvalue weighted by atomic mass is 16.5. The number of nitrogens with zero attached hydrogens (tertiary/aromatic N) is 2. The van der Waals surface area contributed by atoms with Gasteiger partial charge >= 0.3 is 5.97 Å². The predicted octanol–water partition coefficient (Wildman–Crippen LogP) is 3.83. The molecular formula is C24H23N3O4. The second-order valence-electron chi connectivity index (χ2n) is 7.21. The van der Waals surface area contributed by atoms with Crippen LogP contribution in [-0.2, 0) is 16.1 Å². The van der Waals surface area contributed by atoms with Gasteiger partial charge in [-0.2, -0.15) is 5.26 Å². The lowest BCUT2D eigenvalue weighted by Crippen LogP contribution is -2.23. The van der Waals surface area contributed by atoms with Gasteiger partial charge in [-0.15, -0.1) is 0 Å². The zero-order valence-corrected chi connectivity index (χ0v) is 17.6. The van der Waals surface area contributed by atoms with Gasteiger partial charge in [0.05, 0.1) is 5.56 Å². The number of carbonyl (C=O) groups excluding carboxylic acids is 2. The van der Waals surface area contributed by atoms with E-state index in [1.54, 1.807) is 19.1 Å². The average molecular weight is 417 g/mol. The van der Waals surface area contributed by atoms with E-state index in [0.717, 1.165) is 16.8 Å². The summed E-state index contributed by atoms with van der Waals surface area (Å²) in [6.45, 7) is 5.29. The maximum Gasteiger partial charge on any atom is 0.342 e. The summed E-state index contributed by atoms with van der Waals surface area (Å²) in [6.07, 6.45) is 0. The molecular weight excluding hydrogens is 394 g/mol. The molecule has 1 amide bonds. The Morgan fingerprint density at radius 3 is 2.48 bits per heavy atom. The number of anilines is 1. The number of ether oxygens (including phenoxy) is 1. The summed E-state index contributed by atoms with van der Waals surface area (Å²) in [5.41, 5.74) is 3.53. The first kappa shape index (κ1) is 21.7. The Hall–Kier alpha value is -4.05. The van der Waals surface area contributed by atoms with Crippen LogP contribution in [0.1, 0.15) is 38.3 Å². The highest BCUT2D eigenvalue weighted by molar-refractivity contribution is 5.97. The number of benzene rings is 2. The molecule has 3 rings (SSSR count). The molecule has 0 spiro atoms. The molecule has 0 aliphatic heterocycles. The Labute approximate surface area is 180 Å². The number of aromatic nitrogens is 1. The van der Waals surface area contributed by atoms with Gasteiger partial charge in [0.1, 0.15) is 23.2 Å². The van der Waals surface area contributed by atoms with Crippen LogP contribution in [0.2, 0.25) is 0 Å². The van der Waals surface area contributed by atoms with Gasteiger partial charge in [0.15, 0.2) is 6.61 Å². The molecule has 3 aromatic rings. The third kappa shape index (κ3) is 4.59. The molecule has 7 heteroatoms. The Morgan fingerprint density at radius 2 is 1.81 bits per heavy atom. The average Bonchev–Trinajstić information content (AvgIpc) is 2.98. The van der Waals surface area contributed by atoms with Gasteiger partial charge in [-0.1, -0.05) is 42.5 Å². The molecule has 0 radical (unpaired) electrons. The zero-order chi connectivity index (χ0) is 22.5. The highest BCUT2D eigenvalue weighted by Crippen LogP contribution is 2.27. The van der Waals surface area contributed by atoms with Gasteiger partial charge in [0.2, 0.25) is 0 Å². The maximum absolute atomic E-state index is 12.5. The largest absolute Gasteiger partial charge is 0.507 e. The van der Waals surface area contributed by atoms with Crippen LogP contribution in [0.4, 0.5) is 5.82 Å². The SMILES string of the molecule is Cc1cccc(C(=O)OCC(=O)Nc2c(C#N)c(C)c(C)n2Cc2ccccc2)c1O. The Morgan fingerprint density at radius 1 is 1.10 bits per heavy atom. The van der Waals surface area contributed by atoms with E-state index in [4.69, 9.17) is 4.74 Å². The molecule has 0 saturated heterocycles. The van der Waals surface area contributed by atoms with Crippen molar-refractivity contribution in [2.45, 2.75) is 27.3 Å². The van der Waals surface area contributed by atoms with Crippen molar-refractivity contribution in [3.63, 3.8) is 0 Å². The number of phenols is 1. The number of hydrogen-bond donors (Lipinski definition) is 2. The van der Waals surface area contributed by atoms with Gasteiger partial charge in [0.25, 0.3) is 5.91 Å². The van der Waals surface area contributed by atoms with Gasteiger partial charge in [-0.05, 0) is 43.5 Å². The summed E-state index contributed by atoms with van der Waals surface area (Å²) in [4.78, 5) is 24.8. The van der Waals surface area contributed by atoms with E-state index < -0.39 is 18.5 Å². The van der Waals surface area contributed by atoms with Gasteiger partial charge in [-0.25, -0.2) is 4.79 Å². The van der Waals surface area contributed by atoms with Crippen molar-refractivity contribution in [3.05, 3.63) is 82.0 Å². The summed E-state index contributed by atoms with van der Waals surface area (Å²) in [5, 5.41) is 22.3. The molecule has 0 unspecified atom stereocenters. The van der Waals surface area contributed by atoms with Crippen LogP contribution >= 0.6 is 0 Å². The standard InChI is InChI=1S/C24H23N3O4/c1-15-8-7-11-19(22(15)29)24(30)31-14-21(28)26-23-20(12-25)16(2)17(3)27(23)13-18-9-5-4-6-10-18/h4-11,29H,13-14H2,1-3H3,(H,26,28). The summed E-state index contributed by atoms with van der Waals surface area (Å²) in [7, 11) is 0. The number of rotatable bonds is 6. The lowest BCUT2D eigenvalue weighted by Gasteiger charge is -2.13. The number of phenolic OH excluding ortho intramolecular Hbond substituents is 1. The minimum Gasteiger partial charge on any atom is -0.507 e. The van der Waals surface area contributed by atoms with Crippen molar-refractivity contribution in [3.8, 4) is 11.8 Å². The molecule has 0 atom stereocenters. The lowest BCUT2D eigenvalue weighted by molar-refractivity contribution is -0.119. The number of nitriles is 1. The van der Waals surface area contributed by atoms with Crippen LogP contribution in [0.3, 0.4) is 0 Å². The molecule has 0 aliphatic carbocycles. The number of aromatic hydroxyl groups is 1. The van der Waals surface area contributed by atoms with Crippen LogP contribution in [0, 0.1) is 32.1 Å². The van der Waals surface area contributed by atoms with Crippen LogP contribution in [0.15, 0.2) is 48.5 Å². The molecule has 31 heavy (non-hydrogen) atoms. The second kappa shape index (κ2) is 9.18. The number of esters is 1. The fourth-order valence-electron chi connectivity index (χ4n) is 3.29. The molecule has 0 fully saturated rings. The normalized spacial score (nSPS) is 10.4. The van der Waals surface area contributed by atoms with Crippen LogP contribution in [-0.4, -0.2) is 28.2 Å². The quantitative estimate of drug-likeness (QED) is 0.593. The van der Waals surface area contributed by atoms with Gasteiger partial charge < -0.3 is 19.7 Å². The molecule has 0 aliphatic rings. The minimum absolute atomic E-state index is 0.00958.